The number of furan rings is 1. The van der Waals surface area contributed by atoms with Crippen molar-refractivity contribution in [2.24, 2.45) is 5.92 Å². The summed E-state index contributed by atoms with van der Waals surface area (Å²) in [6.45, 7) is 2.28. The average Bonchev–Trinajstić information content (AvgIpc) is 3.20. The Bertz CT molecular complexity index is 836. The second-order valence-electron chi connectivity index (χ2n) is 7.17. The topological polar surface area (TPSA) is 45.5 Å². The maximum absolute atomic E-state index is 13.3. The maximum atomic E-state index is 13.3. The van der Waals surface area contributed by atoms with E-state index in [1.54, 1.807) is 11.8 Å². The molecule has 4 nitrogen and oxygen atoms in total. The molecule has 1 saturated heterocycles. The highest BCUT2D eigenvalue weighted by Gasteiger charge is 2.43. The third-order valence-electron chi connectivity index (χ3n) is 5.29. The van der Waals surface area contributed by atoms with E-state index < -0.39 is 0 Å². The van der Waals surface area contributed by atoms with Crippen LogP contribution in [-0.2, 0) is 4.79 Å². The van der Waals surface area contributed by atoms with Crippen molar-refractivity contribution in [2.75, 3.05) is 5.32 Å². The van der Waals surface area contributed by atoms with Crippen LogP contribution in [0.15, 0.2) is 51.8 Å². The summed E-state index contributed by atoms with van der Waals surface area (Å²) in [5.41, 5.74) is 0.941. The Kier molecular flexibility index (Phi) is 5.82. The number of benzene rings is 1. The van der Waals surface area contributed by atoms with Crippen molar-refractivity contribution in [1.29, 1.82) is 0 Å². The Morgan fingerprint density at radius 3 is 2.67 bits per heavy atom. The number of carbonyl (C=O) groups excluding carboxylic acids is 1. The van der Waals surface area contributed by atoms with Gasteiger partial charge in [-0.3, -0.25) is 4.79 Å². The van der Waals surface area contributed by atoms with Crippen molar-refractivity contribution in [3.8, 4) is 0 Å². The lowest BCUT2D eigenvalue weighted by atomic mass is 9.85. The Morgan fingerprint density at radius 1 is 1.19 bits per heavy atom. The molecule has 1 aliphatic carbocycles. The van der Waals surface area contributed by atoms with Crippen LogP contribution >= 0.6 is 34.4 Å². The molecule has 142 valence electrons. The van der Waals surface area contributed by atoms with Gasteiger partial charge in [-0.25, -0.2) is 0 Å². The predicted molar refractivity (Wildman–Crippen MR) is 119 cm³/mol. The van der Waals surface area contributed by atoms with E-state index >= 15 is 0 Å². The lowest BCUT2D eigenvalue weighted by Crippen LogP contribution is -2.48. The number of amides is 1. The molecule has 3 atom stereocenters. The highest BCUT2D eigenvalue weighted by atomic mass is 127. The summed E-state index contributed by atoms with van der Waals surface area (Å²) >= 11 is 3.73. The minimum atomic E-state index is -0.0919. The molecular formula is C21H23IN2O2S. The van der Waals surface area contributed by atoms with Gasteiger partial charge in [0, 0.05) is 17.8 Å². The van der Waals surface area contributed by atoms with Crippen LogP contribution in [0.4, 0.5) is 5.69 Å². The van der Waals surface area contributed by atoms with Gasteiger partial charge in [-0.2, -0.15) is 0 Å². The standard InChI is InChI=1S/C21H23IN2O2S/c1-14-7-5-6-10-17(14)24-20(25)18(13-16-11-12-19(22)26-16)27-21(24)23-15-8-3-2-4-9-15/h2-4,8-9,11-14,17,21,23H,5-7,10H2,1H3/b18-13-/t14-,17-,21?/m0/s1. The fourth-order valence-corrected chi connectivity index (χ4v) is 5.53. The molecule has 4 rings (SSSR count). The Labute approximate surface area is 177 Å². The first-order chi connectivity index (χ1) is 13.1. The molecule has 0 radical (unpaired) electrons. The quantitative estimate of drug-likeness (QED) is 0.433. The van der Waals surface area contributed by atoms with Gasteiger partial charge in [0.1, 0.15) is 5.76 Å². The zero-order valence-corrected chi connectivity index (χ0v) is 18.2. The van der Waals surface area contributed by atoms with E-state index in [4.69, 9.17) is 4.42 Å². The third kappa shape index (κ3) is 4.21. The van der Waals surface area contributed by atoms with Crippen molar-refractivity contribution in [3.63, 3.8) is 0 Å². The molecule has 1 N–H and O–H groups in total. The Hall–Kier alpha value is -1.41. The van der Waals surface area contributed by atoms with Crippen LogP contribution in [0.25, 0.3) is 6.08 Å². The molecule has 1 amide bonds. The van der Waals surface area contributed by atoms with Gasteiger partial charge in [0.15, 0.2) is 9.26 Å². The SMILES string of the molecule is C[C@H]1CCCC[C@@H]1N1C(=O)/C(=C/c2ccc(I)o2)SC1Nc1ccccc1. The molecule has 2 fully saturated rings. The predicted octanol–water partition coefficient (Wildman–Crippen LogP) is 5.77. The Morgan fingerprint density at radius 2 is 1.96 bits per heavy atom. The number of carbonyl (C=O) groups is 1. The minimum absolute atomic E-state index is 0.0919. The van der Waals surface area contributed by atoms with Crippen LogP contribution in [0, 0.1) is 9.68 Å². The van der Waals surface area contributed by atoms with E-state index in [2.05, 4.69) is 39.7 Å². The average molecular weight is 494 g/mol. The summed E-state index contributed by atoms with van der Waals surface area (Å²) in [7, 11) is 0. The zero-order valence-electron chi connectivity index (χ0n) is 15.2. The summed E-state index contributed by atoms with van der Waals surface area (Å²) in [6.07, 6.45) is 6.59. The largest absolute Gasteiger partial charge is 0.451 e. The molecule has 1 unspecified atom stereocenters. The van der Waals surface area contributed by atoms with Crippen molar-refractivity contribution in [1.82, 2.24) is 4.90 Å². The number of nitrogens with one attached hydrogen (secondary N) is 1. The van der Waals surface area contributed by atoms with Crippen molar-refractivity contribution in [3.05, 3.63) is 56.9 Å². The lowest BCUT2D eigenvalue weighted by molar-refractivity contribution is -0.129. The smallest absolute Gasteiger partial charge is 0.263 e. The molecule has 1 saturated carbocycles. The number of thioether (sulfide) groups is 1. The van der Waals surface area contributed by atoms with Crippen LogP contribution in [0.1, 0.15) is 38.4 Å². The van der Waals surface area contributed by atoms with Gasteiger partial charge in [-0.1, -0.05) is 49.7 Å². The first-order valence-corrected chi connectivity index (χ1v) is 11.4. The molecule has 1 aromatic carbocycles. The van der Waals surface area contributed by atoms with E-state index in [0.29, 0.717) is 5.92 Å². The molecule has 2 aromatic rings. The number of anilines is 1. The second-order valence-corrected chi connectivity index (χ2v) is 9.36. The molecule has 0 spiro atoms. The molecule has 0 bridgehead atoms. The maximum Gasteiger partial charge on any atom is 0.263 e. The van der Waals surface area contributed by atoms with Gasteiger partial charge in [0.05, 0.1) is 4.91 Å². The molecule has 1 aromatic heterocycles. The van der Waals surface area contributed by atoms with Crippen LogP contribution in [0.5, 0.6) is 0 Å². The van der Waals surface area contributed by atoms with Crippen molar-refractivity contribution in [2.45, 2.75) is 44.1 Å². The normalized spacial score (nSPS) is 27.3. The van der Waals surface area contributed by atoms with E-state index in [1.807, 2.05) is 48.5 Å². The van der Waals surface area contributed by atoms with Crippen LogP contribution in [-0.4, -0.2) is 22.3 Å². The first kappa shape index (κ1) is 18.9. The first-order valence-electron chi connectivity index (χ1n) is 9.40. The van der Waals surface area contributed by atoms with E-state index in [0.717, 1.165) is 26.5 Å². The van der Waals surface area contributed by atoms with Gasteiger partial charge in [-0.15, -0.1) is 0 Å². The highest BCUT2D eigenvalue weighted by Crippen LogP contribution is 2.42. The van der Waals surface area contributed by atoms with Gasteiger partial charge in [0.2, 0.25) is 0 Å². The van der Waals surface area contributed by atoms with Gasteiger partial charge < -0.3 is 14.6 Å². The highest BCUT2D eigenvalue weighted by molar-refractivity contribution is 14.1. The summed E-state index contributed by atoms with van der Waals surface area (Å²) in [5.74, 6) is 1.36. The summed E-state index contributed by atoms with van der Waals surface area (Å²) in [6, 6.07) is 14.2. The molecular weight excluding hydrogens is 471 g/mol. The van der Waals surface area contributed by atoms with Crippen molar-refractivity contribution >= 4 is 52.0 Å². The molecule has 27 heavy (non-hydrogen) atoms. The van der Waals surface area contributed by atoms with Crippen molar-refractivity contribution < 1.29 is 9.21 Å². The number of nitrogens with zero attached hydrogens (tertiary/aromatic N) is 1. The number of rotatable bonds is 4. The summed E-state index contributed by atoms with van der Waals surface area (Å²) in [5, 5.41) is 3.56. The van der Waals surface area contributed by atoms with Gasteiger partial charge in [-0.05, 0) is 65.6 Å². The Balaban J connectivity index is 1.63. The number of halogens is 1. The summed E-state index contributed by atoms with van der Waals surface area (Å²) < 4.78 is 6.48. The van der Waals surface area contributed by atoms with E-state index in [9.17, 15) is 4.79 Å². The van der Waals surface area contributed by atoms with Crippen LogP contribution < -0.4 is 5.32 Å². The lowest BCUT2D eigenvalue weighted by Gasteiger charge is -2.39. The summed E-state index contributed by atoms with van der Waals surface area (Å²) in [4.78, 5) is 16.1. The molecule has 1 aliphatic heterocycles. The second kappa shape index (κ2) is 8.31. The minimum Gasteiger partial charge on any atom is -0.451 e. The van der Waals surface area contributed by atoms with E-state index in [1.165, 1.54) is 19.3 Å². The van der Waals surface area contributed by atoms with Crippen LogP contribution in [0.2, 0.25) is 0 Å². The number of hydrogen-bond acceptors (Lipinski definition) is 4. The fourth-order valence-electron chi connectivity index (χ4n) is 3.90. The fraction of sp³-hybridized carbons (Fsp3) is 0.381. The van der Waals surface area contributed by atoms with Crippen LogP contribution in [0.3, 0.4) is 0 Å². The number of hydrogen-bond donors (Lipinski definition) is 1. The third-order valence-corrected chi connectivity index (χ3v) is 6.99. The van der Waals surface area contributed by atoms with Gasteiger partial charge in [0.25, 0.3) is 5.91 Å². The van der Waals surface area contributed by atoms with E-state index in [-0.39, 0.29) is 17.4 Å². The molecule has 6 heteroatoms. The molecule has 2 aliphatic rings. The monoisotopic (exact) mass is 494 g/mol. The number of para-hydroxylation sites is 1. The molecule has 2 heterocycles. The van der Waals surface area contributed by atoms with Gasteiger partial charge >= 0.3 is 0 Å². The zero-order chi connectivity index (χ0) is 18.8.